The molecule has 4 aliphatic carbocycles. The molecule has 0 amide bonds. The summed E-state index contributed by atoms with van der Waals surface area (Å²) in [7, 11) is 0. The molecular formula is C32H54O5. The fourth-order valence-corrected chi connectivity index (χ4v) is 10.9. The molecule has 0 radical (unpaired) electrons. The first-order chi connectivity index (χ1) is 17.1. The molecule has 0 aromatic heterocycles. The molecule has 6 aliphatic rings. The monoisotopic (exact) mass is 518 g/mol. The highest BCUT2D eigenvalue weighted by Crippen LogP contribution is 2.75. The third kappa shape index (κ3) is 2.85. The van der Waals surface area contributed by atoms with Gasteiger partial charge in [-0.25, -0.2) is 0 Å². The molecule has 8 atom stereocenters. The minimum Gasteiger partial charge on any atom is -0.387 e. The van der Waals surface area contributed by atoms with E-state index >= 15 is 0 Å². The second-order valence-electron chi connectivity index (χ2n) is 16.1. The van der Waals surface area contributed by atoms with Crippen LogP contribution in [0.5, 0.6) is 0 Å². The van der Waals surface area contributed by atoms with Gasteiger partial charge >= 0.3 is 0 Å². The van der Waals surface area contributed by atoms with Gasteiger partial charge in [-0.1, -0.05) is 55.4 Å². The molecule has 6 rings (SSSR count). The van der Waals surface area contributed by atoms with E-state index in [4.69, 9.17) is 14.2 Å². The van der Waals surface area contributed by atoms with Gasteiger partial charge in [0.15, 0.2) is 0 Å². The maximum atomic E-state index is 13.0. The summed E-state index contributed by atoms with van der Waals surface area (Å²) in [6, 6.07) is 0. The third-order valence-electron chi connectivity index (χ3n) is 15.1. The molecule has 6 fully saturated rings. The average molecular weight is 519 g/mol. The fraction of sp³-hybridized carbons (Fsp3) is 1.00. The van der Waals surface area contributed by atoms with Gasteiger partial charge in [0.25, 0.3) is 0 Å². The van der Waals surface area contributed by atoms with E-state index in [1.165, 1.54) is 12.8 Å². The van der Waals surface area contributed by atoms with Crippen LogP contribution in [0, 0.1) is 44.3 Å². The SMILES string of the molecule is CCC1(C(OC(C2(CC)COC2)[C@@]2(O)C[C@H]3CC[C@]2(C)C3(C)C)[C@@]2(O)C[C@H]3CC[C@]2(C)C3(C)C)COC1. The van der Waals surface area contributed by atoms with E-state index in [9.17, 15) is 10.2 Å². The minimum absolute atomic E-state index is 0.0533. The Morgan fingerprint density at radius 2 is 1.03 bits per heavy atom. The summed E-state index contributed by atoms with van der Waals surface area (Å²) in [5.74, 6) is 0.993. The van der Waals surface area contributed by atoms with Crippen molar-refractivity contribution >= 4 is 0 Å². The Balaban J connectivity index is 1.47. The Kier molecular flexibility index (Phi) is 5.65. The topological polar surface area (TPSA) is 68.2 Å². The van der Waals surface area contributed by atoms with Crippen LogP contribution >= 0.6 is 0 Å². The molecule has 5 heteroatoms. The van der Waals surface area contributed by atoms with E-state index in [1.54, 1.807) is 0 Å². The Labute approximate surface area is 225 Å². The maximum absolute atomic E-state index is 13.0. The summed E-state index contributed by atoms with van der Waals surface area (Å²) >= 11 is 0. The summed E-state index contributed by atoms with van der Waals surface area (Å²) < 4.78 is 19.4. The van der Waals surface area contributed by atoms with Crippen molar-refractivity contribution in [1.29, 1.82) is 0 Å². The van der Waals surface area contributed by atoms with Gasteiger partial charge in [0.05, 0.1) is 49.8 Å². The van der Waals surface area contributed by atoms with Crippen LogP contribution < -0.4 is 0 Å². The number of rotatable bonds is 8. The van der Waals surface area contributed by atoms with Gasteiger partial charge in [0.1, 0.15) is 0 Å². The van der Waals surface area contributed by atoms with Crippen molar-refractivity contribution in [1.82, 2.24) is 0 Å². The number of ether oxygens (including phenoxy) is 3. The second kappa shape index (κ2) is 7.75. The van der Waals surface area contributed by atoms with Crippen molar-refractivity contribution in [3.05, 3.63) is 0 Å². The van der Waals surface area contributed by atoms with Crippen molar-refractivity contribution in [2.75, 3.05) is 26.4 Å². The highest BCUT2D eigenvalue weighted by molar-refractivity contribution is 5.26. The molecule has 2 N–H and O–H groups in total. The normalized spacial score (nSPS) is 49.5. The predicted octanol–water partition coefficient (Wildman–Crippen LogP) is 5.75. The lowest BCUT2D eigenvalue weighted by Gasteiger charge is -2.62. The van der Waals surface area contributed by atoms with Crippen LogP contribution in [-0.4, -0.2) is 60.1 Å². The van der Waals surface area contributed by atoms with Crippen molar-refractivity contribution in [2.45, 2.75) is 130 Å². The summed E-state index contributed by atoms with van der Waals surface area (Å²) in [6.45, 7) is 21.1. The van der Waals surface area contributed by atoms with E-state index in [0.717, 1.165) is 38.5 Å². The number of hydrogen-bond acceptors (Lipinski definition) is 5. The van der Waals surface area contributed by atoms with Crippen LogP contribution in [0.25, 0.3) is 0 Å². The molecular weight excluding hydrogens is 464 g/mol. The molecule has 0 aromatic rings. The van der Waals surface area contributed by atoms with Crippen molar-refractivity contribution in [3.63, 3.8) is 0 Å². The first-order valence-corrected chi connectivity index (χ1v) is 15.4. The predicted molar refractivity (Wildman–Crippen MR) is 144 cm³/mol. The zero-order valence-electron chi connectivity index (χ0n) is 24.9. The van der Waals surface area contributed by atoms with Gasteiger partial charge < -0.3 is 24.4 Å². The van der Waals surface area contributed by atoms with Crippen LogP contribution in [0.2, 0.25) is 0 Å². The number of fused-ring (bicyclic) bond motifs is 4. The molecule has 212 valence electrons. The molecule has 4 bridgehead atoms. The van der Waals surface area contributed by atoms with Crippen LogP contribution in [0.4, 0.5) is 0 Å². The highest BCUT2D eigenvalue weighted by Gasteiger charge is 2.77. The van der Waals surface area contributed by atoms with E-state index in [1.807, 2.05) is 0 Å². The smallest absolute Gasteiger partial charge is 0.0976 e. The number of hydrogen-bond donors (Lipinski definition) is 2. The average Bonchev–Trinajstić information content (AvgIpc) is 3.27. The zero-order chi connectivity index (χ0) is 26.9. The van der Waals surface area contributed by atoms with Gasteiger partial charge in [-0.3, -0.25) is 0 Å². The van der Waals surface area contributed by atoms with E-state index < -0.39 is 11.2 Å². The highest BCUT2D eigenvalue weighted by atomic mass is 16.6. The van der Waals surface area contributed by atoms with Gasteiger partial charge in [0, 0.05) is 21.7 Å². The maximum Gasteiger partial charge on any atom is 0.0976 e. The van der Waals surface area contributed by atoms with Crippen LogP contribution in [-0.2, 0) is 14.2 Å². The van der Waals surface area contributed by atoms with E-state index in [0.29, 0.717) is 38.3 Å². The van der Waals surface area contributed by atoms with Gasteiger partial charge in [0.2, 0.25) is 0 Å². The zero-order valence-corrected chi connectivity index (χ0v) is 24.9. The van der Waals surface area contributed by atoms with Crippen molar-refractivity contribution < 1.29 is 24.4 Å². The molecule has 0 spiro atoms. The van der Waals surface area contributed by atoms with Crippen LogP contribution in [0.15, 0.2) is 0 Å². The summed E-state index contributed by atoms with van der Waals surface area (Å²) in [6.07, 6.45) is 7.10. The molecule has 0 aromatic carbocycles. The summed E-state index contributed by atoms with van der Waals surface area (Å²) in [5, 5.41) is 26.0. The molecule has 2 aliphatic heterocycles. The molecule has 2 saturated heterocycles. The Morgan fingerprint density at radius 3 is 1.22 bits per heavy atom. The van der Waals surface area contributed by atoms with Crippen molar-refractivity contribution in [3.8, 4) is 0 Å². The lowest BCUT2D eigenvalue weighted by Crippen LogP contribution is -2.72. The second-order valence-corrected chi connectivity index (χ2v) is 16.1. The van der Waals surface area contributed by atoms with Crippen LogP contribution in [0.3, 0.4) is 0 Å². The van der Waals surface area contributed by atoms with E-state index in [2.05, 4.69) is 55.4 Å². The quantitative estimate of drug-likeness (QED) is 0.428. The Hall–Kier alpha value is -0.200. The molecule has 4 saturated carbocycles. The Bertz CT molecular complexity index is 850. The molecule has 37 heavy (non-hydrogen) atoms. The standard InChI is InChI=1S/C32H54O5/c1-9-29(17-35-18-29)23(31(33)15-21-11-13-27(31,7)25(21,3)4)37-24(30(10-2)19-36-20-30)32(34)16-22-12-14-28(32,8)26(22,5)6/h21-24,33-34H,9-20H2,1-8H3/t21-,22-,23?,24?,27-,28-,31+,32+/m1/s1. The lowest BCUT2D eigenvalue weighted by atomic mass is 9.56. The van der Waals surface area contributed by atoms with Gasteiger partial charge in [-0.05, 0) is 74.0 Å². The Morgan fingerprint density at radius 1 is 0.676 bits per heavy atom. The third-order valence-corrected chi connectivity index (χ3v) is 15.1. The summed E-state index contributed by atoms with van der Waals surface area (Å²) in [5.41, 5.74) is -2.68. The molecule has 2 heterocycles. The largest absolute Gasteiger partial charge is 0.387 e. The fourth-order valence-electron chi connectivity index (χ4n) is 10.9. The minimum atomic E-state index is -0.943. The van der Waals surface area contributed by atoms with Gasteiger partial charge in [-0.2, -0.15) is 0 Å². The van der Waals surface area contributed by atoms with Crippen molar-refractivity contribution in [2.24, 2.45) is 44.3 Å². The molecule has 5 nitrogen and oxygen atoms in total. The first-order valence-electron chi connectivity index (χ1n) is 15.4. The van der Waals surface area contributed by atoms with E-state index in [-0.39, 0.29) is 44.7 Å². The lowest BCUT2D eigenvalue weighted by molar-refractivity contribution is -0.340. The molecule has 2 unspecified atom stereocenters. The first kappa shape index (κ1) is 27.0. The van der Waals surface area contributed by atoms with Crippen LogP contribution in [0.1, 0.15) is 107 Å². The van der Waals surface area contributed by atoms with Gasteiger partial charge in [-0.15, -0.1) is 0 Å². The number of aliphatic hydroxyl groups is 2. The summed E-state index contributed by atoms with van der Waals surface area (Å²) in [4.78, 5) is 0.